The van der Waals surface area contributed by atoms with Crippen molar-refractivity contribution in [1.29, 1.82) is 0 Å². The van der Waals surface area contributed by atoms with Gasteiger partial charge in [0, 0.05) is 25.0 Å². The maximum absolute atomic E-state index is 10.6. The molecule has 3 nitrogen and oxygen atoms in total. The van der Waals surface area contributed by atoms with Gasteiger partial charge in [0.2, 0.25) is 0 Å². The van der Waals surface area contributed by atoms with Gasteiger partial charge in [0.15, 0.2) is 0 Å². The van der Waals surface area contributed by atoms with Crippen LogP contribution in [0.4, 0.5) is 0 Å². The summed E-state index contributed by atoms with van der Waals surface area (Å²) in [7, 11) is 1.69. The SMILES string of the molecule is COCC(C)C(O)C1(CN)CCCCCCC1. The zero-order chi connectivity index (χ0) is 12.7. The topological polar surface area (TPSA) is 55.5 Å². The number of ether oxygens (including phenoxy) is 1. The fraction of sp³-hybridized carbons (Fsp3) is 1.00. The Morgan fingerprint density at radius 2 is 1.71 bits per heavy atom. The van der Waals surface area contributed by atoms with E-state index in [9.17, 15) is 5.11 Å². The predicted octanol–water partition coefficient (Wildman–Crippen LogP) is 2.32. The van der Waals surface area contributed by atoms with Crippen LogP contribution in [-0.4, -0.2) is 31.5 Å². The van der Waals surface area contributed by atoms with E-state index in [-0.39, 0.29) is 17.4 Å². The maximum atomic E-state index is 10.6. The highest BCUT2D eigenvalue weighted by atomic mass is 16.5. The second-order valence-electron chi connectivity index (χ2n) is 5.71. The highest BCUT2D eigenvalue weighted by Gasteiger charge is 2.39. The van der Waals surface area contributed by atoms with Crippen LogP contribution in [0, 0.1) is 11.3 Å². The Balaban J connectivity index is 2.68. The molecule has 0 spiro atoms. The van der Waals surface area contributed by atoms with Crippen molar-refractivity contribution in [1.82, 2.24) is 0 Å². The molecule has 3 N–H and O–H groups in total. The van der Waals surface area contributed by atoms with Gasteiger partial charge in [-0.25, -0.2) is 0 Å². The van der Waals surface area contributed by atoms with Crippen LogP contribution in [0.25, 0.3) is 0 Å². The number of aliphatic hydroxyl groups excluding tert-OH is 1. The van der Waals surface area contributed by atoms with Crippen molar-refractivity contribution in [3.05, 3.63) is 0 Å². The summed E-state index contributed by atoms with van der Waals surface area (Å²) in [5.74, 6) is 0.169. The molecular weight excluding hydrogens is 214 g/mol. The fourth-order valence-corrected chi connectivity index (χ4v) is 3.19. The van der Waals surface area contributed by atoms with E-state index in [4.69, 9.17) is 10.5 Å². The van der Waals surface area contributed by atoms with Gasteiger partial charge in [-0.1, -0.05) is 39.0 Å². The minimum Gasteiger partial charge on any atom is -0.392 e. The van der Waals surface area contributed by atoms with E-state index >= 15 is 0 Å². The summed E-state index contributed by atoms with van der Waals surface area (Å²) in [6.45, 7) is 3.27. The summed E-state index contributed by atoms with van der Waals surface area (Å²) in [6, 6.07) is 0. The second kappa shape index (κ2) is 7.34. The first-order valence-electron chi connectivity index (χ1n) is 7.03. The largest absolute Gasteiger partial charge is 0.392 e. The van der Waals surface area contributed by atoms with Crippen molar-refractivity contribution in [3.8, 4) is 0 Å². The van der Waals surface area contributed by atoms with Gasteiger partial charge in [0.25, 0.3) is 0 Å². The van der Waals surface area contributed by atoms with Crippen LogP contribution in [-0.2, 0) is 4.74 Å². The Bertz CT molecular complexity index is 200. The van der Waals surface area contributed by atoms with Gasteiger partial charge >= 0.3 is 0 Å². The third-order valence-corrected chi connectivity index (χ3v) is 4.35. The average Bonchev–Trinajstić information content (AvgIpc) is 2.29. The summed E-state index contributed by atoms with van der Waals surface area (Å²) in [6.07, 6.45) is 8.12. The minimum atomic E-state index is -0.328. The fourth-order valence-electron chi connectivity index (χ4n) is 3.19. The molecule has 0 bridgehead atoms. The van der Waals surface area contributed by atoms with Crippen LogP contribution in [0.1, 0.15) is 51.9 Å². The first-order valence-corrected chi connectivity index (χ1v) is 7.03. The third-order valence-electron chi connectivity index (χ3n) is 4.35. The maximum Gasteiger partial charge on any atom is 0.0655 e. The lowest BCUT2D eigenvalue weighted by Crippen LogP contribution is -2.46. The van der Waals surface area contributed by atoms with Crippen LogP contribution < -0.4 is 5.73 Å². The van der Waals surface area contributed by atoms with E-state index in [0.717, 1.165) is 12.8 Å². The number of hydrogen-bond acceptors (Lipinski definition) is 3. The molecule has 0 aromatic rings. The lowest BCUT2D eigenvalue weighted by molar-refractivity contribution is -0.0455. The van der Waals surface area contributed by atoms with Crippen LogP contribution in [0.15, 0.2) is 0 Å². The highest BCUT2D eigenvalue weighted by Crippen LogP contribution is 2.39. The molecule has 1 aliphatic rings. The van der Waals surface area contributed by atoms with Crippen molar-refractivity contribution < 1.29 is 9.84 Å². The highest BCUT2D eigenvalue weighted by molar-refractivity contribution is 4.90. The Hall–Kier alpha value is -0.120. The van der Waals surface area contributed by atoms with Gasteiger partial charge in [0.05, 0.1) is 12.7 Å². The summed E-state index contributed by atoms with van der Waals surface area (Å²) in [5, 5.41) is 10.6. The van der Waals surface area contributed by atoms with Gasteiger partial charge in [-0.2, -0.15) is 0 Å². The van der Waals surface area contributed by atoms with Crippen LogP contribution in [0.2, 0.25) is 0 Å². The molecule has 0 radical (unpaired) electrons. The van der Waals surface area contributed by atoms with Gasteiger partial charge in [-0.05, 0) is 12.8 Å². The van der Waals surface area contributed by atoms with Crippen molar-refractivity contribution in [2.45, 2.75) is 58.0 Å². The van der Waals surface area contributed by atoms with E-state index in [1.807, 2.05) is 0 Å². The van der Waals surface area contributed by atoms with E-state index in [0.29, 0.717) is 13.2 Å². The predicted molar refractivity (Wildman–Crippen MR) is 70.9 cm³/mol. The van der Waals surface area contributed by atoms with E-state index < -0.39 is 0 Å². The molecule has 1 saturated carbocycles. The van der Waals surface area contributed by atoms with Gasteiger partial charge < -0.3 is 15.6 Å². The summed E-state index contributed by atoms with van der Waals surface area (Å²) in [4.78, 5) is 0. The molecule has 2 atom stereocenters. The quantitative estimate of drug-likeness (QED) is 0.779. The standard InChI is InChI=1S/C14H29NO2/c1-12(10-17-2)13(16)14(11-15)8-6-4-3-5-7-9-14/h12-13,16H,3-11,15H2,1-2H3. The first-order chi connectivity index (χ1) is 8.16. The summed E-state index contributed by atoms with van der Waals surface area (Å²) >= 11 is 0. The molecule has 0 aromatic carbocycles. The molecule has 1 aliphatic carbocycles. The molecule has 1 rings (SSSR count). The zero-order valence-corrected chi connectivity index (χ0v) is 11.5. The zero-order valence-electron chi connectivity index (χ0n) is 11.5. The van der Waals surface area contributed by atoms with Gasteiger partial charge in [0.1, 0.15) is 0 Å². The summed E-state index contributed by atoms with van der Waals surface area (Å²) in [5.41, 5.74) is 5.92. The summed E-state index contributed by atoms with van der Waals surface area (Å²) < 4.78 is 5.16. The molecule has 0 amide bonds. The number of aliphatic hydroxyl groups is 1. The smallest absolute Gasteiger partial charge is 0.0655 e. The molecule has 0 saturated heterocycles. The normalized spacial score (nSPS) is 24.7. The van der Waals surface area contributed by atoms with E-state index in [1.54, 1.807) is 7.11 Å². The Morgan fingerprint density at radius 3 is 2.18 bits per heavy atom. The van der Waals surface area contributed by atoms with Crippen molar-refractivity contribution in [3.63, 3.8) is 0 Å². The number of methoxy groups -OCH3 is 1. The molecule has 1 fully saturated rings. The number of rotatable bonds is 5. The Kier molecular flexibility index (Phi) is 6.45. The Labute approximate surface area is 106 Å². The second-order valence-corrected chi connectivity index (χ2v) is 5.71. The van der Waals surface area contributed by atoms with Gasteiger partial charge in [-0.3, -0.25) is 0 Å². The molecule has 17 heavy (non-hydrogen) atoms. The molecule has 0 aliphatic heterocycles. The average molecular weight is 243 g/mol. The van der Waals surface area contributed by atoms with Crippen LogP contribution in [0.3, 0.4) is 0 Å². The molecule has 102 valence electrons. The lowest BCUT2D eigenvalue weighted by Gasteiger charge is -2.41. The van der Waals surface area contributed by atoms with Crippen molar-refractivity contribution >= 4 is 0 Å². The van der Waals surface area contributed by atoms with Crippen molar-refractivity contribution in [2.75, 3.05) is 20.3 Å². The molecule has 2 unspecified atom stereocenters. The molecular formula is C14H29NO2. The van der Waals surface area contributed by atoms with E-state index in [2.05, 4.69) is 6.92 Å². The lowest BCUT2D eigenvalue weighted by atomic mass is 9.69. The van der Waals surface area contributed by atoms with Crippen molar-refractivity contribution in [2.24, 2.45) is 17.1 Å². The molecule has 3 heteroatoms. The van der Waals surface area contributed by atoms with E-state index in [1.165, 1.54) is 32.1 Å². The number of hydrogen-bond donors (Lipinski definition) is 2. The minimum absolute atomic E-state index is 0.0711. The number of nitrogens with two attached hydrogens (primary N) is 1. The molecule has 0 heterocycles. The van der Waals surface area contributed by atoms with Gasteiger partial charge in [-0.15, -0.1) is 0 Å². The first kappa shape index (κ1) is 14.9. The monoisotopic (exact) mass is 243 g/mol. The third kappa shape index (κ3) is 3.94. The Morgan fingerprint density at radius 1 is 1.18 bits per heavy atom. The van der Waals surface area contributed by atoms with Crippen LogP contribution >= 0.6 is 0 Å². The molecule has 0 aromatic heterocycles. The van der Waals surface area contributed by atoms with Crippen LogP contribution in [0.5, 0.6) is 0 Å².